The van der Waals surface area contributed by atoms with Gasteiger partial charge in [-0.1, -0.05) is 276 Å². The van der Waals surface area contributed by atoms with Crippen molar-refractivity contribution in [3.63, 3.8) is 0 Å². The van der Waals surface area contributed by atoms with E-state index in [0.29, 0.717) is 19.3 Å². The van der Waals surface area contributed by atoms with E-state index in [1.807, 2.05) is 0 Å². The molecule has 0 saturated heterocycles. The Labute approximate surface area is 480 Å². The third-order valence-electron chi connectivity index (χ3n) is 13.1. The molecule has 0 aromatic heterocycles. The fraction of sp³-hybridized carbons (Fsp3) is 0.625. The smallest absolute Gasteiger partial charge is 0.306 e. The molecule has 0 aliphatic heterocycles. The zero-order valence-corrected chi connectivity index (χ0v) is 50.4. The number of rotatable bonds is 56. The van der Waals surface area contributed by atoms with Crippen molar-refractivity contribution in [3.05, 3.63) is 146 Å². The van der Waals surface area contributed by atoms with Crippen LogP contribution in [0.5, 0.6) is 0 Å². The second kappa shape index (κ2) is 64.8. The number of hydrogen-bond acceptors (Lipinski definition) is 6. The topological polar surface area (TPSA) is 78.9 Å². The molecule has 0 spiro atoms. The summed E-state index contributed by atoms with van der Waals surface area (Å²) < 4.78 is 16.9. The molecular formula is C72H116O6. The Hall–Kier alpha value is -4.71. The van der Waals surface area contributed by atoms with E-state index in [4.69, 9.17) is 14.2 Å². The predicted molar refractivity (Wildman–Crippen MR) is 339 cm³/mol. The van der Waals surface area contributed by atoms with Crippen LogP contribution in [0, 0.1) is 0 Å². The van der Waals surface area contributed by atoms with Gasteiger partial charge in [0, 0.05) is 19.3 Å². The summed E-state index contributed by atoms with van der Waals surface area (Å²) in [5.41, 5.74) is 0. The van der Waals surface area contributed by atoms with Crippen LogP contribution in [0.25, 0.3) is 0 Å². The lowest BCUT2D eigenvalue weighted by molar-refractivity contribution is -0.167. The number of carbonyl (C=O) groups excluding carboxylic acids is 3. The van der Waals surface area contributed by atoms with Gasteiger partial charge in [0.2, 0.25) is 0 Å². The molecule has 6 nitrogen and oxygen atoms in total. The Kier molecular flexibility index (Phi) is 60.9. The number of allylic oxidation sites excluding steroid dienone is 24. The van der Waals surface area contributed by atoms with E-state index in [0.717, 1.165) is 154 Å². The standard InChI is InChI=1S/C72H116O6/c1-4-7-10-13-16-19-22-24-26-28-30-32-33-34-35-36-37-38-39-41-42-44-46-48-50-53-56-59-62-65-71(74)77-68-69(67-76-70(73)64-61-58-55-52-21-18-15-12-9-6-3)78-72(75)66-63-60-57-54-51-49-47-45-43-40-31-29-27-25-23-20-17-14-11-8-5-2/h7-8,10-11,16-17,19-20,24-27,30-32,34-35,37-38,40-42,46,48,69H,4-6,9,12-15,18,21-23,28-29,33,36,39,43-45,47,49-68H2,1-3H3/b10-7-,11-8-,19-16-,20-17-,26-24-,27-25-,32-30-,35-34-,38-37-,40-31-,42-41-,48-46-. The van der Waals surface area contributed by atoms with Gasteiger partial charge in [-0.15, -0.1) is 0 Å². The van der Waals surface area contributed by atoms with Gasteiger partial charge in [0.25, 0.3) is 0 Å². The van der Waals surface area contributed by atoms with Crippen LogP contribution in [0.4, 0.5) is 0 Å². The molecule has 0 N–H and O–H groups in total. The zero-order chi connectivity index (χ0) is 56.4. The Morgan fingerprint density at radius 2 is 0.500 bits per heavy atom. The average Bonchev–Trinajstić information content (AvgIpc) is 3.44. The lowest BCUT2D eigenvalue weighted by Crippen LogP contribution is -2.30. The normalized spacial score (nSPS) is 13.1. The van der Waals surface area contributed by atoms with Gasteiger partial charge in [-0.2, -0.15) is 0 Å². The lowest BCUT2D eigenvalue weighted by atomic mass is 10.1. The van der Waals surface area contributed by atoms with Crippen LogP contribution in [-0.4, -0.2) is 37.2 Å². The fourth-order valence-electron chi connectivity index (χ4n) is 8.39. The zero-order valence-electron chi connectivity index (χ0n) is 50.4. The Morgan fingerprint density at radius 1 is 0.269 bits per heavy atom. The van der Waals surface area contributed by atoms with Crippen molar-refractivity contribution in [1.29, 1.82) is 0 Å². The van der Waals surface area contributed by atoms with Crippen LogP contribution < -0.4 is 0 Å². The Morgan fingerprint density at radius 3 is 0.782 bits per heavy atom. The number of unbranched alkanes of at least 4 members (excludes halogenated alkanes) is 21. The molecule has 1 unspecified atom stereocenters. The Bertz CT molecular complexity index is 1710. The van der Waals surface area contributed by atoms with Gasteiger partial charge in [-0.25, -0.2) is 0 Å². The third-order valence-corrected chi connectivity index (χ3v) is 13.1. The van der Waals surface area contributed by atoms with E-state index in [-0.39, 0.29) is 31.1 Å². The van der Waals surface area contributed by atoms with E-state index in [9.17, 15) is 14.4 Å². The first kappa shape index (κ1) is 73.3. The molecule has 1 atom stereocenters. The minimum absolute atomic E-state index is 0.0926. The minimum atomic E-state index is -0.798. The van der Waals surface area contributed by atoms with E-state index in [1.165, 1.54) is 77.0 Å². The second-order valence-corrected chi connectivity index (χ2v) is 20.6. The largest absolute Gasteiger partial charge is 0.462 e. The van der Waals surface area contributed by atoms with Crippen molar-refractivity contribution < 1.29 is 28.6 Å². The maximum Gasteiger partial charge on any atom is 0.306 e. The van der Waals surface area contributed by atoms with Gasteiger partial charge >= 0.3 is 17.9 Å². The monoisotopic (exact) mass is 1080 g/mol. The van der Waals surface area contributed by atoms with Crippen LogP contribution in [0.1, 0.15) is 271 Å². The van der Waals surface area contributed by atoms with Gasteiger partial charge < -0.3 is 14.2 Å². The van der Waals surface area contributed by atoms with Crippen molar-refractivity contribution in [3.8, 4) is 0 Å². The van der Waals surface area contributed by atoms with Gasteiger partial charge in [-0.3, -0.25) is 14.4 Å². The van der Waals surface area contributed by atoms with Crippen molar-refractivity contribution in [2.75, 3.05) is 13.2 Å². The van der Waals surface area contributed by atoms with Gasteiger partial charge in [0.1, 0.15) is 13.2 Å². The summed E-state index contributed by atoms with van der Waals surface area (Å²) in [6.07, 6.45) is 92.8. The maximum absolute atomic E-state index is 12.9. The molecule has 0 saturated carbocycles. The highest BCUT2D eigenvalue weighted by molar-refractivity contribution is 5.71. The van der Waals surface area contributed by atoms with Crippen molar-refractivity contribution in [2.45, 2.75) is 277 Å². The van der Waals surface area contributed by atoms with Crippen LogP contribution in [-0.2, 0) is 28.6 Å². The Balaban J connectivity index is 4.35. The molecule has 0 heterocycles. The molecule has 0 aliphatic rings. The van der Waals surface area contributed by atoms with Gasteiger partial charge in [0.15, 0.2) is 6.10 Å². The number of esters is 3. The SMILES string of the molecule is CC/C=C\C/C=C\C/C=C\C/C=C\C/C=C\C/C=C\C/C=C\C/C=C\CCCCCCC(=O)OCC(COC(=O)CCCCCCCCCCCC)OC(=O)CCCCCCCCCC/C=C\C/C=C\C/C=C\C/C=C\CC. The predicted octanol–water partition coefficient (Wildman–Crippen LogP) is 21.9. The summed E-state index contributed by atoms with van der Waals surface area (Å²) in [6, 6.07) is 0. The molecule has 0 rings (SSSR count). The molecule has 0 fully saturated rings. The maximum atomic E-state index is 12.9. The highest BCUT2D eigenvalue weighted by Gasteiger charge is 2.19. The van der Waals surface area contributed by atoms with Crippen LogP contribution in [0.2, 0.25) is 0 Å². The quantitative estimate of drug-likeness (QED) is 0.0261. The molecule has 78 heavy (non-hydrogen) atoms. The molecule has 0 amide bonds. The molecule has 0 aliphatic carbocycles. The number of hydrogen-bond donors (Lipinski definition) is 0. The summed E-state index contributed by atoms with van der Waals surface area (Å²) in [5, 5.41) is 0. The van der Waals surface area contributed by atoms with E-state index >= 15 is 0 Å². The van der Waals surface area contributed by atoms with Crippen molar-refractivity contribution >= 4 is 17.9 Å². The fourth-order valence-corrected chi connectivity index (χ4v) is 8.39. The molecule has 440 valence electrons. The number of carbonyl (C=O) groups is 3. The molecule has 0 bridgehead atoms. The molecule has 6 heteroatoms. The third kappa shape index (κ3) is 62.1. The van der Waals surface area contributed by atoms with Gasteiger partial charge in [-0.05, 0) is 122 Å². The highest BCUT2D eigenvalue weighted by atomic mass is 16.6. The number of ether oxygens (including phenoxy) is 3. The molecular weight excluding hydrogens is 961 g/mol. The summed E-state index contributed by atoms with van der Waals surface area (Å²) >= 11 is 0. The van der Waals surface area contributed by atoms with E-state index < -0.39 is 6.10 Å². The van der Waals surface area contributed by atoms with E-state index in [1.54, 1.807) is 0 Å². The second-order valence-electron chi connectivity index (χ2n) is 20.6. The summed E-state index contributed by atoms with van der Waals surface area (Å²) in [5.74, 6) is -0.929. The van der Waals surface area contributed by atoms with E-state index in [2.05, 4.69) is 167 Å². The first-order valence-electron chi connectivity index (χ1n) is 31.8. The summed E-state index contributed by atoms with van der Waals surface area (Å²) in [4.78, 5) is 38.2. The lowest BCUT2D eigenvalue weighted by Gasteiger charge is -2.18. The molecule has 0 aromatic carbocycles. The van der Waals surface area contributed by atoms with Crippen molar-refractivity contribution in [2.24, 2.45) is 0 Å². The van der Waals surface area contributed by atoms with Crippen LogP contribution in [0.3, 0.4) is 0 Å². The average molecular weight is 1080 g/mol. The minimum Gasteiger partial charge on any atom is -0.462 e. The first-order chi connectivity index (χ1) is 38.5. The first-order valence-corrected chi connectivity index (χ1v) is 31.8. The van der Waals surface area contributed by atoms with Crippen LogP contribution in [0.15, 0.2) is 146 Å². The highest BCUT2D eigenvalue weighted by Crippen LogP contribution is 2.15. The summed E-state index contributed by atoms with van der Waals surface area (Å²) in [6.45, 7) is 6.37. The molecule has 0 radical (unpaired) electrons. The van der Waals surface area contributed by atoms with Crippen LogP contribution >= 0.6 is 0 Å². The van der Waals surface area contributed by atoms with Crippen molar-refractivity contribution in [1.82, 2.24) is 0 Å². The summed E-state index contributed by atoms with van der Waals surface area (Å²) in [7, 11) is 0. The van der Waals surface area contributed by atoms with Gasteiger partial charge in [0.05, 0.1) is 0 Å². The molecule has 0 aromatic rings.